The molecular formula is C10H23N3O3. The van der Waals surface area contributed by atoms with Gasteiger partial charge in [0.15, 0.2) is 0 Å². The van der Waals surface area contributed by atoms with Gasteiger partial charge in [-0.2, -0.15) is 0 Å². The van der Waals surface area contributed by atoms with Crippen LogP contribution in [0.4, 0.5) is 0 Å². The molecule has 6 N–H and O–H groups in total. The number of nitrogens with two attached hydrogens (primary N) is 2. The van der Waals surface area contributed by atoms with E-state index in [1.807, 2.05) is 0 Å². The van der Waals surface area contributed by atoms with Crippen molar-refractivity contribution in [2.24, 2.45) is 11.5 Å². The Balaban J connectivity index is 0.000000315. The van der Waals surface area contributed by atoms with Crippen LogP contribution in [-0.4, -0.2) is 50.0 Å². The predicted octanol–water partition coefficient (Wildman–Crippen LogP) is -0.866. The zero-order valence-corrected chi connectivity index (χ0v) is 9.65. The van der Waals surface area contributed by atoms with Crippen molar-refractivity contribution >= 4 is 5.97 Å². The van der Waals surface area contributed by atoms with E-state index >= 15 is 0 Å². The molecule has 0 aromatic rings. The molecule has 6 nitrogen and oxygen atoms in total. The van der Waals surface area contributed by atoms with Crippen molar-refractivity contribution in [2.75, 3.05) is 32.8 Å². The van der Waals surface area contributed by atoms with Crippen molar-refractivity contribution in [3.63, 3.8) is 0 Å². The summed E-state index contributed by atoms with van der Waals surface area (Å²) in [7, 11) is 0. The molecule has 0 aromatic carbocycles. The van der Waals surface area contributed by atoms with Gasteiger partial charge in [-0.3, -0.25) is 4.79 Å². The van der Waals surface area contributed by atoms with Gasteiger partial charge in [-0.05, 0) is 19.4 Å². The number of ether oxygens (including phenoxy) is 1. The summed E-state index contributed by atoms with van der Waals surface area (Å²) in [5.74, 6) is -0.933. The van der Waals surface area contributed by atoms with Crippen molar-refractivity contribution in [3.05, 3.63) is 0 Å². The number of unbranched alkanes of at least 4 members (excludes halogenated alkanes) is 1. The number of nitrogens with one attached hydrogen (secondary N) is 1. The molecule has 96 valence electrons. The topological polar surface area (TPSA) is 111 Å². The van der Waals surface area contributed by atoms with E-state index in [9.17, 15) is 4.79 Å². The van der Waals surface area contributed by atoms with Crippen LogP contribution in [-0.2, 0) is 9.53 Å². The minimum atomic E-state index is -0.933. The van der Waals surface area contributed by atoms with Crippen molar-refractivity contribution in [1.82, 2.24) is 5.32 Å². The van der Waals surface area contributed by atoms with Gasteiger partial charge >= 0.3 is 5.97 Å². The lowest BCUT2D eigenvalue weighted by atomic mass is 10.1. The quantitative estimate of drug-likeness (QED) is 0.460. The lowest BCUT2D eigenvalue weighted by molar-refractivity contribution is -0.138. The van der Waals surface area contributed by atoms with Crippen LogP contribution in [0.2, 0.25) is 0 Å². The average Bonchev–Trinajstić information content (AvgIpc) is 2.32. The second kappa shape index (κ2) is 10.8. The summed E-state index contributed by atoms with van der Waals surface area (Å²) in [6, 6.07) is -0.716. The Bertz CT molecular complexity index is 163. The number of carboxylic acid groups (broad SMARTS) is 1. The molecule has 1 rings (SSSR count). The zero-order valence-electron chi connectivity index (χ0n) is 9.65. The molecule has 6 heteroatoms. The molecule has 1 fully saturated rings. The van der Waals surface area contributed by atoms with E-state index in [4.69, 9.17) is 21.3 Å². The van der Waals surface area contributed by atoms with Crippen molar-refractivity contribution < 1.29 is 14.6 Å². The van der Waals surface area contributed by atoms with Gasteiger partial charge in [-0.1, -0.05) is 6.42 Å². The summed E-state index contributed by atoms with van der Waals surface area (Å²) < 4.78 is 5.01. The molecule has 0 radical (unpaired) electrons. The Hall–Kier alpha value is -0.690. The highest BCUT2D eigenvalue weighted by molar-refractivity contribution is 5.72. The largest absolute Gasteiger partial charge is 0.480 e. The molecule has 1 atom stereocenters. The van der Waals surface area contributed by atoms with Gasteiger partial charge in [0.05, 0.1) is 13.2 Å². The molecule has 0 aliphatic carbocycles. The number of aliphatic carboxylic acids is 1. The molecule has 1 saturated heterocycles. The Morgan fingerprint density at radius 1 is 1.38 bits per heavy atom. The van der Waals surface area contributed by atoms with Gasteiger partial charge in [0, 0.05) is 13.1 Å². The van der Waals surface area contributed by atoms with Crippen LogP contribution in [0, 0.1) is 0 Å². The van der Waals surface area contributed by atoms with E-state index in [2.05, 4.69) is 5.32 Å². The van der Waals surface area contributed by atoms with E-state index in [0.29, 0.717) is 13.0 Å². The van der Waals surface area contributed by atoms with Crippen molar-refractivity contribution in [3.8, 4) is 0 Å². The first-order chi connectivity index (χ1) is 7.68. The maximum Gasteiger partial charge on any atom is 0.320 e. The van der Waals surface area contributed by atoms with Crippen LogP contribution in [0.15, 0.2) is 0 Å². The lowest BCUT2D eigenvalue weighted by Crippen LogP contribution is -2.30. The number of morpholine rings is 1. The van der Waals surface area contributed by atoms with Crippen LogP contribution in [0.1, 0.15) is 19.3 Å². The Kier molecular flexibility index (Phi) is 10.3. The number of hydrogen-bond donors (Lipinski definition) is 4. The van der Waals surface area contributed by atoms with Crippen LogP contribution in [0.3, 0.4) is 0 Å². The summed E-state index contributed by atoms with van der Waals surface area (Å²) in [4.78, 5) is 10.1. The molecule has 0 bridgehead atoms. The minimum Gasteiger partial charge on any atom is -0.480 e. The Labute approximate surface area is 96.3 Å². The molecule has 0 aromatic heterocycles. The average molecular weight is 233 g/mol. The molecule has 0 spiro atoms. The van der Waals surface area contributed by atoms with Gasteiger partial charge in [0.1, 0.15) is 6.04 Å². The fraction of sp³-hybridized carbons (Fsp3) is 0.900. The standard InChI is InChI=1S/C6H14N2O2.C4H9NO/c7-4-2-1-3-5(8)6(9)10;1-3-6-4-2-5-1/h5H,1-4,7-8H2,(H,9,10);5H,1-4H2. The van der Waals surface area contributed by atoms with E-state index in [-0.39, 0.29) is 0 Å². The second-order valence-corrected chi connectivity index (χ2v) is 3.59. The van der Waals surface area contributed by atoms with E-state index < -0.39 is 12.0 Å². The third-order valence-electron chi connectivity index (χ3n) is 2.13. The maximum atomic E-state index is 10.1. The summed E-state index contributed by atoms with van der Waals surface area (Å²) in [6.45, 7) is 4.44. The van der Waals surface area contributed by atoms with Gasteiger partial charge < -0.3 is 26.6 Å². The highest BCUT2D eigenvalue weighted by Crippen LogP contribution is 1.96. The number of carboxylic acids is 1. The van der Waals surface area contributed by atoms with Crippen LogP contribution < -0.4 is 16.8 Å². The molecule has 0 amide bonds. The summed E-state index contributed by atoms with van der Waals surface area (Å²) in [5.41, 5.74) is 10.4. The third kappa shape index (κ3) is 9.85. The van der Waals surface area contributed by atoms with Crippen molar-refractivity contribution in [2.45, 2.75) is 25.3 Å². The van der Waals surface area contributed by atoms with Crippen LogP contribution in [0.5, 0.6) is 0 Å². The van der Waals surface area contributed by atoms with Gasteiger partial charge in [0.2, 0.25) is 0 Å². The zero-order chi connectivity index (χ0) is 12.2. The first kappa shape index (κ1) is 15.3. The lowest BCUT2D eigenvalue weighted by Gasteiger charge is -2.10. The van der Waals surface area contributed by atoms with Crippen LogP contribution in [0.25, 0.3) is 0 Å². The number of carbonyl (C=O) groups is 1. The molecule has 1 unspecified atom stereocenters. The van der Waals surface area contributed by atoms with Gasteiger partial charge in [-0.25, -0.2) is 0 Å². The van der Waals surface area contributed by atoms with Gasteiger partial charge in [-0.15, -0.1) is 0 Å². The first-order valence-corrected chi connectivity index (χ1v) is 5.65. The smallest absolute Gasteiger partial charge is 0.320 e. The Morgan fingerprint density at radius 2 is 2.00 bits per heavy atom. The fourth-order valence-corrected chi connectivity index (χ4v) is 1.15. The monoisotopic (exact) mass is 233 g/mol. The van der Waals surface area contributed by atoms with E-state index in [1.165, 1.54) is 0 Å². The third-order valence-corrected chi connectivity index (χ3v) is 2.13. The molecule has 1 aliphatic rings. The molecule has 0 saturated carbocycles. The number of rotatable bonds is 5. The highest BCUT2D eigenvalue weighted by Gasteiger charge is 2.09. The molecule has 1 heterocycles. The summed E-state index contributed by atoms with van der Waals surface area (Å²) in [5, 5.41) is 11.5. The fourth-order valence-electron chi connectivity index (χ4n) is 1.15. The van der Waals surface area contributed by atoms with Crippen molar-refractivity contribution in [1.29, 1.82) is 0 Å². The second-order valence-electron chi connectivity index (χ2n) is 3.59. The minimum absolute atomic E-state index is 0.520. The SMILES string of the molecule is C1COCCN1.NCCCCC(N)C(=O)O. The van der Waals surface area contributed by atoms with E-state index in [1.54, 1.807) is 0 Å². The Morgan fingerprint density at radius 3 is 2.31 bits per heavy atom. The highest BCUT2D eigenvalue weighted by atomic mass is 16.5. The summed E-state index contributed by atoms with van der Waals surface area (Å²) in [6.07, 6.45) is 2.16. The normalized spacial score (nSPS) is 17.1. The molecular weight excluding hydrogens is 210 g/mol. The molecule has 16 heavy (non-hydrogen) atoms. The predicted molar refractivity (Wildman–Crippen MR) is 62.2 cm³/mol. The maximum absolute atomic E-state index is 10.1. The van der Waals surface area contributed by atoms with Crippen LogP contribution >= 0.6 is 0 Å². The molecule has 1 aliphatic heterocycles. The van der Waals surface area contributed by atoms with E-state index in [0.717, 1.165) is 39.1 Å². The number of hydrogen-bond acceptors (Lipinski definition) is 5. The van der Waals surface area contributed by atoms with Gasteiger partial charge in [0.25, 0.3) is 0 Å². The first-order valence-electron chi connectivity index (χ1n) is 5.65. The summed E-state index contributed by atoms with van der Waals surface area (Å²) >= 11 is 0.